The first-order valence-corrected chi connectivity index (χ1v) is 19.9. The standard InChI is InChI=1S/C43H52N8O6/c1-7-26(4)36(49-42(55)57-6)40(53)50-20-8-9-33(50)37-44-23-32(47-37)29-15-12-27(13-16-29)10-11-28-14-17-30-31(21-28)46-38(45-30)34-22-43(18-19-43)24-51(34)39(52)35(25(2)3)48-41(54)56-5/h12-17,21,23,25-26,33-36H,7-9,18-20,22,24H2,1-6H3,(H,44,47)(H,45,46)(H,48,54)(H,49,55)/t26-,33+,34+,35+,36+/m1/s1. The number of nitrogens with zero attached hydrogens (tertiary/aromatic N) is 4. The van der Waals surface area contributed by atoms with Crippen molar-refractivity contribution < 1.29 is 28.7 Å². The number of fused-ring (bicyclic) bond motifs is 1. The van der Waals surface area contributed by atoms with E-state index >= 15 is 0 Å². The Hall–Kier alpha value is -5.84. The number of benzene rings is 2. The van der Waals surface area contributed by atoms with Crippen LogP contribution in [-0.4, -0.2) is 93.1 Å². The summed E-state index contributed by atoms with van der Waals surface area (Å²) in [5.74, 6) is 7.58. The summed E-state index contributed by atoms with van der Waals surface area (Å²) >= 11 is 0. The molecule has 3 aliphatic rings. The van der Waals surface area contributed by atoms with Gasteiger partial charge < -0.3 is 39.9 Å². The number of hydrogen-bond acceptors (Lipinski definition) is 8. The smallest absolute Gasteiger partial charge is 0.407 e. The Morgan fingerprint density at radius 2 is 1.54 bits per heavy atom. The van der Waals surface area contributed by atoms with E-state index in [0.717, 1.165) is 77.8 Å². The molecule has 0 radical (unpaired) electrons. The van der Waals surface area contributed by atoms with Gasteiger partial charge in [0, 0.05) is 24.2 Å². The number of amides is 4. The predicted octanol–water partition coefficient (Wildman–Crippen LogP) is 6.22. The van der Waals surface area contributed by atoms with Crippen LogP contribution in [0.2, 0.25) is 0 Å². The van der Waals surface area contributed by atoms with Crippen LogP contribution in [0.3, 0.4) is 0 Å². The average molecular weight is 777 g/mol. The molecule has 14 heteroatoms. The number of aromatic amines is 2. The van der Waals surface area contributed by atoms with Crippen molar-refractivity contribution in [3.05, 3.63) is 71.4 Å². The SMILES string of the molecule is CC[C@@H](C)[C@H](NC(=O)OC)C(=O)N1CCC[C@H]1c1ncc(-c2ccc(C#Cc3ccc4nc([C@@H]5CC6(CC6)CN5C(=O)[C@@H](NC(=O)OC)C(C)C)[nH]c4c3)cc2)[nH]1. The van der Waals surface area contributed by atoms with Crippen LogP contribution in [0.1, 0.15) is 101 Å². The minimum Gasteiger partial charge on any atom is -0.453 e. The summed E-state index contributed by atoms with van der Waals surface area (Å²) in [4.78, 5) is 71.9. The Morgan fingerprint density at radius 3 is 2.21 bits per heavy atom. The minimum absolute atomic E-state index is 0.0581. The lowest BCUT2D eigenvalue weighted by Crippen LogP contribution is -2.51. The molecule has 57 heavy (non-hydrogen) atoms. The number of H-pyrrole nitrogens is 2. The average Bonchev–Trinajstić information content (AvgIpc) is 3.71. The van der Waals surface area contributed by atoms with Gasteiger partial charge in [0.1, 0.15) is 23.7 Å². The van der Waals surface area contributed by atoms with Gasteiger partial charge in [-0.3, -0.25) is 9.59 Å². The molecule has 2 aromatic carbocycles. The van der Waals surface area contributed by atoms with Gasteiger partial charge in [0.05, 0.1) is 49.2 Å². The molecular formula is C43H52N8O6. The molecule has 4 aromatic rings. The summed E-state index contributed by atoms with van der Waals surface area (Å²) in [5, 5.41) is 5.48. The van der Waals surface area contributed by atoms with Gasteiger partial charge in [-0.05, 0) is 85.3 Å². The molecule has 2 aromatic heterocycles. The maximum Gasteiger partial charge on any atom is 0.407 e. The summed E-state index contributed by atoms with van der Waals surface area (Å²) < 4.78 is 9.60. The number of ether oxygens (including phenoxy) is 2. The van der Waals surface area contributed by atoms with E-state index < -0.39 is 24.3 Å². The Labute approximate surface area is 332 Å². The monoisotopic (exact) mass is 776 g/mol. The van der Waals surface area contributed by atoms with E-state index in [1.165, 1.54) is 14.2 Å². The number of aromatic nitrogens is 4. The molecule has 4 amide bonds. The van der Waals surface area contributed by atoms with Gasteiger partial charge in [-0.2, -0.15) is 0 Å². The summed E-state index contributed by atoms with van der Waals surface area (Å²) in [6, 6.07) is 12.0. The summed E-state index contributed by atoms with van der Waals surface area (Å²) in [7, 11) is 2.59. The van der Waals surface area contributed by atoms with Crippen molar-refractivity contribution in [1.29, 1.82) is 0 Å². The van der Waals surface area contributed by atoms with Crippen molar-refractivity contribution in [3.8, 4) is 23.1 Å². The fourth-order valence-electron chi connectivity index (χ4n) is 8.11. The topological polar surface area (TPSA) is 175 Å². The van der Waals surface area contributed by atoms with Crippen LogP contribution in [0.4, 0.5) is 9.59 Å². The third kappa shape index (κ3) is 8.33. The lowest BCUT2D eigenvalue weighted by Gasteiger charge is -2.30. The van der Waals surface area contributed by atoms with E-state index in [-0.39, 0.29) is 41.1 Å². The van der Waals surface area contributed by atoms with E-state index in [9.17, 15) is 19.2 Å². The van der Waals surface area contributed by atoms with E-state index in [1.54, 1.807) is 6.20 Å². The molecule has 3 fully saturated rings. The quantitative estimate of drug-likeness (QED) is 0.137. The number of methoxy groups -OCH3 is 2. The van der Waals surface area contributed by atoms with Gasteiger partial charge in [0.15, 0.2) is 0 Å². The van der Waals surface area contributed by atoms with Crippen LogP contribution in [0, 0.1) is 29.1 Å². The number of hydrogen-bond donors (Lipinski definition) is 4. The van der Waals surface area contributed by atoms with Crippen LogP contribution in [0.5, 0.6) is 0 Å². The van der Waals surface area contributed by atoms with E-state index in [0.29, 0.717) is 18.9 Å². The van der Waals surface area contributed by atoms with Gasteiger partial charge in [0.25, 0.3) is 0 Å². The van der Waals surface area contributed by atoms with Crippen molar-refractivity contribution in [2.75, 3.05) is 27.3 Å². The molecule has 1 saturated carbocycles. The van der Waals surface area contributed by atoms with Gasteiger partial charge >= 0.3 is 12.2 Å². The number of alkyl carbamates (subject to hydrolysis) is 2. The number of rotatable bonds is 10. The highest BCUT2D eigenvalue weighted by Crippen LogP contribution is 2.58. The first-order valence-electron chi connectivity index (χ1n) is 19.9. The number of carbonyl (C=O) groups excluding carboxylic acids is 4. The molecule has 5 atom stereocenters. The fraction of sp³-hybridized carbons (Fsp3) is 0.488. The number of imidazole rings is 2. The normalized spacial score (nSPS) is 19.8. The molecule has 2 saturated heterocycles. The Morgan fingerprint density at radius 1 is 0.877 bits per heavy atom. The zero-order valence-electron chi connectivity index (χ0n) is 33.5. The highest BCUT2D eigenvalue weighted by Gasteiger charge is 2.55. The zero-order chi connectivity index (χ0) is 40.4. The first-order chi connectivity index (χ1) is 27.4. The Bertz CT molecular complexity index is 2190. The molecule has 1 spiro atoms. The van der Waals surface area contributed by atoms with Crippen molar-refractivity contribution in [3.63, 3.8) is 0 Å². The number of nitrogens with one attached hydrogen (secondary N) is 4. The van der Waals surface area contributed by atoms with Crippen molar-refractivity contribution in [2.45, 2.75) is 90.4 Å². The van der Waals surface area contributed by atoms with Gasteiger partial charge in [-0.25, -0.2) is 19.6 Å². The van der Waals surface area contributed by atoms with Gasteiger partial charge in [-0.1, -0.05) is 58.1 Å². The van der Waals surface area contributed by atoms with Crippen molar-refractivity contribution >= 4 is 35.0 Å². The number of likely N-dealkylation sites (tertiary alicyclic amines) is 2. The summed E-state index contributed by atoms with van der Waals surface area (Å²) in [6.07, 6.45) is 5.89. The third-order valence-electron chi connectivity index (χ3n) is 11.9. The largest absolute Gasteiger partial charge is 0.453 e. The maximum absolute atomic E-state index is 13.9. The van der Waals surface area contributed by atoms with Crippen molar-refractivity contribution in [1.82, 2.24) is 40.4 Å². The second kappa shape index (κ2) is 16.3. The molecule has 14 nitrogen and oxygen atoms in total. The molecule has 1 aliphatic carbocycles. The van der Waals surface area contributed by atoms with Crippen molar-refractivity contribution in [2.24, 2.45) is 17.3 Å². The summed E-state index contributed by atoms with van der Waals surface area (Å²) in [6.45, 7) is 9.01. The van der Waals surface area contributed by atoms with Gasteiger partial charge in [0.2, 0.25) is 11.8 Å². The molecule has 0 unspecified atom stereocenters. The third-order valence-corrected chi connectivity index (χ3v) is 11.9. The molecular weight excluding hydrogens is 725 g/mol. The van der Waals surface area contributed by atoms with Crippen LogP contribution in [-0.2, 0) is 19.1 Å². The molecule has 0 bridgehead atoms. The van der Waals surface area contributed by atoms with E-state index in [4.69, 9.17) is 14.5 Å². The second-order valence-electron chi connectivity index (χ2n) is 16.1. The highest BCUT2D eigenvalue weighted by molar-refractivity contribution is 5.87. The maximum atomic E-state index is 13.9. The van der Waals surface area contributed by atoms with Gasteiger partial charge in [-0.15, -0.1) is 0 Å². The highest BCUT2D eigenvalue weighted by atomic mass is 16.5. The molecule has 300 valence electrons. The molecule has 4 heterocycles. The molecule has 2 aliphatic heterocycles. The lowest BCUT2D eigenvalue weighted by molar-refractivity contribution is -0.136. The second-order valence-corrected chi connectivity index (χ2v) is 16.1. The Balaban J connectivity index is 1.03. The van der Waals surface area contributed by atoms with Crippen LogP contribution in [0.25, 0.3) is 22.3 Å². The zero-order valence-corrected chi connectivity index (χ0v) is 33.5. The number of carbonyl (C=O) groups is 4. The molecule has 7 rings (SSSR count). The Kier molecular flexibility index (Phi) is 11.3. The first kappa shape index (κ1) is 39.4. The lowest BCUT2D eigenvalue weighted by atomic mass is 9.97. The van der Waals surface area contributed by atoms with Crippen LogP contribution in [0.15, 0.2) is 48.7 Å². The summed E-state index contributed by atoms with van der Waals surface area (Å²) in [5.41, 5.74) is 5.21. The fourth-order valence-corrected chi connectivity index (χ4v) is 8.11. The minimum atomic E-state index is -0.696. The predicted molar refractivity (Wildman–Crippen MR) is 213 cm³/mol. The van der Waals surface area contributed by atoms with Crippen LogP contribution < -0.4 is 10.6 Å². The van der Waals surface area contributed by atoms with E-state index in [2.05, 4.69) is 37.4 Å². The van der Waals surface area contributed by atoms with Crippen LogP contribution >= 0.6 is 0 Å². The van der Waals surface area contributed by atoms with E-state index in [1.807, 2.05) is 80.0 Å². The molecule has 4 N–H and O–H groups in total.